The van der Waals surface area contributed by atoms with Gasteiger partial charge in [0.2, 0.25) is 0 Å². The number of ether oxygens (including phenoxy) is 1. The molecule has 1 aliphatic rings. The monoisotopic (exact) mass is 222 g/mol. The highest BCUT2D eigenvalue weighted by Gasteiger charge is 2.12. The number of nitrogens with one attached hydrogen (secondary N) is 1. The molecule has 0 spiro atoms. The van der Waals surface area contributed by atoms with Gasteiger partial charge in [-0.2, -0.15) is 0 Å². The minimum absolute atomic E-state index is 0.615. The van der Waals surface area contributed by atoms with E-state index in [4.69, 9.17) is 10.5 Å². The molecule has 0 unspecified atom stereocenters. The van der Waals surface area contributed by atoms with Gasteiger partial charge in [-0.05, 0) is 12.1 Å². The number of hydrogen-bond acceptors (Lipinski definition) is 5. The van der Waals surface area contributed by atoms with Crippen LogP contribution in [0.3, 0.4) is 0 Å². The highest BCUT2D eigenvalue weighted by Crippen LogP contribution is 2.15. The van der Waals surface area contributed by atoms with Crippen LogP contribution in [0.2, 0.25) is 0 Å². The van der Waals surface area contributed by atoms with Gasteiger partial charge in [0, 0.05) is 26.2 Å². The van der Waals surface area contributed by atoms with Crippen LogP contribution in [-0.4, -0.2) is 44.4 Å². The average Bonchev–Trinajstić information content (AvgIpc) is 2.38. The molecule has 0 amide bonds. The molecule has 16 heavy (non-hydrogen) atoms. The van der Waals surface area contributed by atoms with Crippen LogP contribution in [0.1, 0.15) is 0 Å². The van der Waals surface area contributed by atoms with Crippen LogP contribution >= 0.6 is 0 Å². The topological polar surface area (TPSA) is 63.4 Å². The molecule has 5 nitrogen and oxygen atoms in total. The van der Waals surface area contributed by atoms with Gasteiger partial charge in [-0.3, -0.25) is 0 Å². The van der Waals surface area contributed by atoms with Crippen molar-refractivity contribution < 1.29 is 4.74 Å². The fourth-order valence-electron chi connectivity index (χ4n) is 1.69. The smallest absolute Gasteiger partial charge is 0.131 e. The van der Waals surface area contributed by atoms with Gasteiger partial charge in [-0.1, -0.05) is 6.07 Å². The largest absolute Gasteiger partial charge is 0.378 e. The first-order valence-corrected chi connectivity index (χ1v) is 5.64. The molecule has 1 aliphatic heterocycles. The molecule has 1 aromatic heterocycles. The summed E-state index contributed by atoms with van der Waals surface area (Å²) in [5.74, 6) is 1.89. The van der Waals surface area contributed by atoms with Gasteiger partial charge in [-0.25, -0.2) is 4.98 Å². The van der Waals surface area contributed by atoms with Crippen LogP contribution in [0.4, 0.5) is 11.6 Å². The van der Waals surface area contributed by atoms with E-state index in [1.54, 1.807) is 0 Å². The zero-order chi connectivity index (χ0) is 11.2. The normalized spacial score (nSPS) is 16.2. The number of nitrogens with zero attached hydrogens (tertiary/aromatic N) is 2. The summed E-state index contributed by atoms with van der Waals surface area (Å²) < 4.78 is 5.31. The summed E-state index contributed by atoms with van der Waals surface area (Å²) in [6.45, 7) is 4.74. The summed E-state index contributed by atoms with van der Waals surface area (Å²) in [7, 11) is 0. The Kier molecular flexibility index (Phi) is 3.96. The van der Waals surface area contributed by atoms with Crippen molar-refractivity contribution in [2.24, 2.45) is 5.73 Å². The second-order valence-corrected chi connectivity index (χ2v) is 3.70. The molecule has 0 atom stereocenters. The zero-order valence-electron chi connectivity index (χ0n) is 9.35. The number of pyridine rings is 1. The summed E-state index contributed by atoms with van der Waals surface area (Å²) in [4.78, 5) is 6.77. The molecule has 1 aromatic rings. The number of nitrogens with two attached hydrogens (primary N) is 1. The average molecular weight is 222 g/mol. The Morgan fingerprint density at radius 3 is 2.94 bits per heavy atom. The lowest BCUT2D eigenvalue weighted by molar-refractivity contribution is 0.122. The van der Waals surface area contributed by atoms with Gasteiger partial charge in [0.1, 0.15) is 11.6 Å². The third-order valence-electron chi connectivity index (χ3n) is 2.52. The van der Waals surface area contributed by atoms with Crippen LogP contribution in [0.15, 0.2) is 18.2 Å². The molecule has 2 rings (SSSR count). The Morgan fingerprint density at radius 1 is 1.38 bits per heavy atom. The molecule has 0 saturated carbocycles. The van der Waals surface area contributed by atoms with Crippen LogP contribution in [-0.2, 0) is 4.74 Å². The predicted octanol–water partition coefficient (Wildman–Crippen LogP) is 0.289. The van der Waals surface area contributed by atoms with Crippen molar-refractivity contribution in [1.29, 1.82) is 0 Å². The Labute approximate surface area is 95.6 Å². The van der Waals surface area contributed by atoms with Gasteiger partial charge in [0.05, 0.1) is 13.2 Å². The van der Waals surface area contributed by atoms with E-state index in [0.717, 1.165) is 44.5 Å². The van der Waals surface area contributed by atoms with Crippen molar-refractivity contribution in [3.05, 3.63) is 18.2 Å². The second kappa shape index (κ2) is 5.67. The number of aromatic nitrogens is 1. The lowest BCUT2D eigenvalue weighted by Gasteiger charge is -2.28. The highest BCUT2D eigenvalue weighted by molar-refractivity contribution is 5.47. The molecule has 1 saturated heterocycles. The minimum Gasteiger partial charge on any atom is -0.378 e. The first-order chi connectivity index (χ1) is 7.90. The van der Waals surface area contributed by atoms with Crippen molar-refractivity contribution in [1.82, 2.24) is 4.98 Å². The van der Waals surface area contributed by atoms with E-state index in [1.165, 1.54) is 0 Å². The number of morpholine rings is 1. The summed E-state index contributed by atoms with van der Waals surface area (Å²) in [5.41, 5.74) is 5.44. The third-order valence-corrected chi connectivity index (χ3v) is 2.52. The maximum atomic E-state index is 5.44. The van der Waals surface area contributed by atoms with Crippen molar-refractivity contribution in [3.63, 3.8) is 0 Å². The Bertz CT molecular complexity index is 326. The molecule has 0 aromatic carbocycles. The summed E-state index contributed by atoms with van der Waals surface area (Å²) in [5, 5.41) is 3.18. The van der Waals surface area contributed by atoms with E-state index in [2.05, 4.69) is 15.2 Å². The first kappa shape index (κ1) is 11.2. The molecule has 1 fully saturated rings. The second-order valence-electron chi connectivity index (χ2n) is 3.70. The van der Waals surface area contributed by atoms with Crippen LogP contribution in [0.5, 0.6) is 0 Å². The van der Waals surface area contributed by atoms with E-state index in [9.17, 15) is 0 Å². The van der Waals surface area contributed by atoms with Gasteiger partial charge >= 0.3 is 0 Å². The Hall–Kier alpha value is -1.33. The van der Waals surface area contributed by atoms with Crippen LogP contribution < -0.4 is 16.0 Å². The molecule has 0 radical (unpaired) electrons. The summed E-state index contributed by atoms with van der Waals surface area (Å²) in [6, 6.07) is 6.00. The number of hydrogen-bond donors (Lipinski definition) is 2. The number of anilines is 2. The fraction of sp³-hybridized carbons (Fsp3) is 0.545. The first-order valence-electron chi connectivity index (χ1n) is 5.64. The highest BCUT2D eigenvalue weighted by atomic mass is 16.5. The van der Waals surface area contributed by atoms with Gasteiger partial charge < -0.3 is 20.7 Å². The van der Waals surface area contributed by atoms with Crippen molar-refractivity contribution >= 4 is 11.6 Å². The van der Waals surface area contributed by atoms with Gasteiger partial charge in [0.25, 0.3) is 0 Å². The molecular formula is C11H18N4O. The Balaban J connectivity index is 2.02. The summed E-state index contributed by atoms with van der Waals surface area (Å²) in [6.07, 6.45) is 0. The molecule has 0 bridgehead atoms. The third kappa shape index (κ3) is 2.84. The SMILES string of the molecule is NCCNc1cccc(N2CCOCC2)n1. The maximum absolute atomic E-state index is 5.44. The maximum Gasteiger partial charge on any atom is 0.131 e. The molecule has 3 N–H and O–H groups in total. The Morgan fingerprint density at radius 2 is 2.19 bits per heavy atom. The van der Waals surface area contributed by atoms with Gasteiger partial charge in [0.15, 0.2) is 0 Å². The van der Waals surface area contributed by atoms with E-state index in [0.29, 0.717) is 6.54 Å². The molecule has 88 valence electrons. The molecule has 5 heteroatoms. The zero-order valence-corrected chi connectivity index (χ0v) is 9.35. The minimum atomic E-state index is 0.615. The number of rotatable bonds is 4. The summed E-state index contributed by atoms with van der Waals surface area (Å²) >= 11 is 0. The van der Waals surface area contributed by atoms with Crippen molar-refractivity contribution in [2.75, 3.05) is 49.6 Å². The van der Waals surface area contributed by atoms with Crippen LogP contribution in [0, 0.1) is 0 Å². The molecular weight excluding hydrogens is 204 g/mol. The molecule has 0 aliphatic carbocycles. The van der Waals surface area contributed by atoms with E-state index >= 15 is 0 Å². The lowest BCUT2D eigenvalue weighted by Crippen LogP contribution is -2.36. The van der Waals surface area contributed by atoms with Crippen molar-refractivity contribution in [2.45, 2.75) is 0 Å². The van der Waals surface area contributed by atoms with E-state index in [-0.39, 0.29) is 0 Å². The lowest BCUT2D eigenvalue weighted by atomic mass is 10.3. The fourth-order valence-corrected chi connectivity index (χ4v) is 1.69. The van der Waals surface area contributed by atoms with Crippen LogP contribution in [0.25, 0.3) is 0 Å². The van der Waals surface area contributed by atoms with E-state index in [1.807, 2.05) is 18.2 Å². The van der Waals surface area contributed by atoms with E-state index < -0.39 is 0 Å². The van der Waals surface area contributed by atoms with Crippen molar-refractivity contribution in [3.8, 4) is 0 Å². The predicted molar refractivity (Wildman–Crippen MR) is 64.8 cm³/mol. The molecule has 2 heterocycles. The van der Waals surface area contributed by atoms with Gasteiger partial charge in [-0.15, -0.1) is 0 Å². The quantitative estimate of drug-likeness (QED) is 0.766. The standard InChI is InChI=1S/C11H18N4O/c12-4-5-13-10-2-1-3-11(14-10)15-6-8-16-9-7-15/h1-3H,4-9,12H2,(H,13,14).